The van der Waals surface area contributed by atoms with E-state index >= 15 is 0 Å². The molecule has 1 aliphatic heterocycles. The molecule has 1 aliphatic rings. The standard InChI is InChI=1S/C14H29NO2/c1-12(2)9-13(11-15-6-8-16-3)10-14-5-4-7-17-14/h12-15H,4-11H2,1-3H3. The van der Waals surface area contributed by atoms with Crippen LogP contribution in [0.4, 0.5) is 0 Å². The van der Waals surface area contributed by atoms with Crippen molar-refractivity contribution in [2.75, 3.05) is 33.4 Å². The summed E-state index contributed by atoms with van der Waals surface area (Å²) in [4.78, 5) is 0. The predicted molar refractivity (Wildman–Crippen MR) is 71.3 cm³/mol. The van der Waals surface area contributed by atoms with E-state index in [1.54, 1.807) is 7.11 Å². The average molecular weight is 243 g/mol. The maximum atomic E-state index is 5.74. The van der Waals surface area contributed by atoms with E-state index in [2.05, 4.69) is 19.2 Å². The fourth-order valence-corrected chi connectivity index (χ4v) is 2.61. The quantitative estimate of drug-likeness (QED) is 0.631. The summed E-state index contributed by atoms with van der Waals surface area (Å²) < 4.78 is 10.8. The molecule has 0 aromatic heterocycles. The Kier molecular flexibility index (Phi) is 7.82. The van der Waals surface area contributed by atoms with Gasteiger partial charge in [-0.1, -0.05) is 13.8 Å². The van der Waals surface area contributed by atoms with Gasteiger partial charge in [0, 0.05) is 20.3 Å². The number of nitrogens with one attached hydrogen (secondary N) is 1. The van der Waals surface area contributed by atoms with Crippen LogP contribution >= 0.6 is 0 Å². The Morgan fingerprint density at radius 1 is 1.41 bits per heavy atom. The molecular weight excluding hydrogens is 214 g/mol. The summed E-state index contributed by atoms with van der Waals surface area (Å²) >= 11 is 0. The van der Waals surface area contributed by atoms with E-state index in [-0.39, 0.29) is 0 Å². The molecule has 0 aromatic carbocycles. The SMILES string of the molecule is COCCNCC(CC(C)C)CC1CCCO1. The summed E-state index contributed by atoms with van der Waals surface area (Å²) in [6, 6.07) is 0. The van der Waals surface area contributed by atoms with Crippen LogP contribution in [0.5, 0.6) is 0 Å². The van der Waals surface area contributed by atoms with Crippen LogP contribution in [0.3, 0.4) is 0 Å². The van der Waals surface area contributed by atoms with Crippen LogP contribution < -0.4 is 5.32 Å². The van der Waals surface area contributed by atoms with E-state index in [1.807, 2.05) is 0 Å². The lowest BCUT2D eigenvalue weighted by Gasteiger charge is -2.22. The molecule has 1 fully saturated rings. The minimum Gasteiger partial charge on any atom is -0.383 e. The van der Waals surface area contributed by atoms with Gasteiger partial charge >= 0.3 is 0 Å². The first-order valence-electron chi connectivity index (χ1n) is 7.03. The fourth-order valence-electron chi connectivity index (χ4n) is 2.61. The van der Waals surface area contributed by atoms with Crippen molar-refractivity contribution in [2.45, 2.75) is 45.6 Å². The van der Waals surface area contributed by atoms with Gasteiger partial charge in [0.2, 0.25) is 0 Å². The molecule has 17 heavy (non-hydrogen) atoms. The molecule has 2 atom stereocenters. The molecule has 1 saturated heterocycles. The Morgan fingerprint density at radius 3 is 2.82 bits per heavy atom. The van der Waals surface area contributed by atoms with Gasteiger partial charge < -0.3 is 14.8 Å². The van der Waals surface area contributed by atoms with Crippen molar-refractivity contribution >= 4 is 0 Å². The van der Waals surface area contributed by atoms with Crippen molar-refractivity contribution in [1.82, 2.24) is 5.32 Å². The highest BCUT2D eigenvalue weighted by Crippen LogP contribution is 2.23. The van der Waals surface area contributed by atoms with E-state index < -0.39 is 0 Å². The molecule has 3 nitrogen and oxygen atoms in total. The monoisotopic (exact) mass is 243 g/mol. The van der Waals surface area contributed by atoms with Crippen LogP contribution in [0.2, 0.25) is 0 Å². The summed E-state index contributed by atoms with van der Waals surface area (Å²) in [6.07, 6.45) is 5.53. The second kappa shape index (κ2) is 8.90. The summed E-state index contributed by atoms with van der Waals surface area (Å²) in [5.74, 6) is 1.51. The Labute approximate surface area is 106 Å². The van der Waals surface area contributed by atoms with Crippen molar-refractivity contribution < 1.29 is 9.47 Å². The Morgan fingerprint density at radius 2 is 2.24 bits per heavy atom. The first-order valence-corrected chi connectivity index (χ1v) is 7.03. The van der Waals surface area contributed by atoms with Crippen LogP contribution in [-0.2, 0) is 9.47 Å². The number of hydrogen-bond donors (Lipinski definition) is 1. The van der Waals surface area contributed by atoms with Crippen molar-refractivity contribution in [2.24, 2.45) is 11.8 Å². The molecule has 0 bridgehead atoms. The highest BCUT2D eigenvalue weighted by Gasteiger charge is 2.21. The van der Waals surface area contributed by atoms with Crippen LogP contribution in [-0.4, -0.2) is 39.5 Å². The van der Waals surface area contributed by atoms with Crippen molar-refractivity contribution in [1.29, 1.82) is 0 Å². The van der Waals surface area contributed by atoms with Gasteiger partial charge in [-0.05, 0) is 44.1 Å². The zero-order valence-corrected chi connectivity index (χ0v) is 11.7. The fraction of sp³-hybridized carbons (Fsp3) is 1.00. The summed E-state index contributed by atoms with van der Waals surface area (Å²) in [5.41, 5.74) is 0. The van der Waals surface area contributed by atoms with Crippen LogP contribution in [0.1, 0.15) is 39.5 Å². The lowest BCUT2D eigenvalue weighted by molar-refractivity contribution is 0.0855. The largest absolute Gasteiger partial charge is 0.383 e. The van der Waals surface area contributed by atoms with Gasteiger partial charge in [-0.2, -0.15) is 0 Å². The molecule has 102 valence electrons. The van der Waals surface area contributed by atoms with E-state index in [0.717, 1.165) is 38.1 Å². The molecule has 1 rings (SSSR count). The number of methoxy groups -OCH3 is 1. The van der Waals surface area contributed by atoms with Crippen molar-refractivity contribution in [3.8, 4) is 0 Å². The van der Waals surface area contributed by atoms with E-state index in [9.17, 15) is 0 Å². The third-order valence-electron chi connectivity index (χ3n) is 3.34. The van der Waals surface area contributed by atoms with E-state index in [1.165, 1.54) is 25.7 Å². The van der Waals surface area contributed by atoms with Gasteiger partial charge in [-0.25, -0.2) is 0 Å². The van der Waals surface area contributed by atoms with Crippen LogP contribution in [0, 0.1) is 11.8 Å². The second-order valence-corrected chi connectivity index (χ2v) is 5.56. The Hall–Kier alpha value is -0.120. The molecule has 0 aromatic rings. The lowest BCUT2D eigenvalue weighted by atomic mass is 9.91. The van der Waals surface area contributed by atoms with E-state index in [0.29, 0.717) is 6.10 Å². The average Bonchev–Trinajstić information content (AvgIpc) is 2.76. The zero-order chi connectivity index (χ0) is 12.5. The molecule has 2 unspecified atom stereocenters. The molecule has 0 radical (unpaired) electrons. The molecule has 3 heteroatoms. The summed E-state index contributed by atoms with van der Waals surface area (Å²) in [5, 5.41) is 3.49. The summed E-state index contributed by atoms with van der Waals surface area (Å²) in [6.45, 7) is 8.43. The predicted octanol–water partition coefficient (Wildman–Crippen LogP) is 2.45. The smallest absolute Gasteiger partial charge is 0.0587 e. The molecule has 0 spiro atoms. The van der Waals surface area contributed by atoms with Crippen LogP contribution in [0.25, 0.3) is 0 Å². The molecule has 1 N–H and O–H groups in total. The second-order valence-electron chi connectivity index (χ2n) is 5.56. The minimum atomic E-state index is 0.517. The molecule has 0 amide bonds. The minimum absolute atomic E-state index is 0.517. The number of hydrogen-bond acceptors (Lipinski definition) is 3. The molecule has 0 aliphatic carbocycles. The Bertz CT molecular complexity index is 179. The van der Waals surface area contributed by atoms with Gasteiger partial charge in [0.1, 0.15) is 0 Å². The van der Waals surface area contributed by atoms with E-state index in [4.69, 9.17) is 9.47 Å². The molecule has 1 heterocycles. The third kappa shape index (κ3) is 7.02. The highest BCUT2D eigenvalue weighted by molar-refractivity contribution is 4.73. The third-order valence-corrected chi connectivity index (χ3v) is 3.34. The first-order chi connectivity index (χ1) is 8.22. The zero-order valence-electron chi connectivity index (χ0n) is 11.7. The number of rotatable bonds is 9. The molecular formula is C14H29NO2. The topological polar surface area (TPSA) is 30.5 Å². The Balaban J connectivity index is 2.21. The van der Waals surface area contributed by atoms with Crippen molar-refractivity contribution in [3.63, 3.8) is 0 Å². The summed E-state index contributed by atoms with van der Waals surface area (Å²) in [7, 11) is 1.75. The van der Waals surface area contributed by atoms with Gasteiger partial charge in [0.05, 0.1) is 12.7 Å². The number of ether oxygens (including phenoxy) is 2. The van der Waals surface area contributed by atoms with Crippen molar-refractivity contribution in [3.05, 3.63) is 0 Å². The van der Waals surface area contributed by atoms with Gasteiger partial charge in [0.15, 0.2) is 0 Å². The van der Waals surface area contributed by atoms with Gasteiger partial charge in [0.25, 0.3) is 0 Å². The highest BCUT2D eigenvalue weighted by atomic mass is 16.5. The lowest BCUT2D eigenvalue weighted by Crippen LogP contribution is -2.29. The first kappa shape index (κ1) is 14.9. The normalized spacial score (nSPS) is 22.2. The van der Waals surface area contributed by atoms with Gasteiger partial charge in [-0.15, -0.1) is 0 Å². The maximum absolute atomic E-state index is 5.74. The molecule has 0 saturated carbocycles. The maximum Gasteiger partial charge on any atom is 0.0587 e. The van der Waals surface area contributed by atoms with Crippen LogP contribution in [0.15, 0.2) is 0 Å². The van der Waals surface area contributed by atoms with Gasteiger partial charge in [-0.3, -0.25) is 0 Å².